The van der Waals surface area contributed by atoms with Gasteiger partial charge in [-0.25, -0.2) is 9.59 Å². The van der Waals surface area contributed by atoms with E-state index in [2.05, 4.69) is 11.4 Å². The predicted molar refractivity (Wildman–Crippen MR) is 97.7 cm³/mol. The van der Waals surface area contributed by atoms with Crippen molar-refractivity contribution in [3.05, 3.63) is 51.2 Å². The molecule has 0 radical (unpaired) electrons. The van der Waals surface area contributed by atoms with Crippen LogP contribution >= 0.6 is 22.9 Å². The van der Waals surface area contributed by atoms with Crippen molar-refractivity contribution in [1.29, 1.82) is 5.26 Å². The standard InChI is InChI=1S/C15H15ClN2OS.C2H2O4/c1-18-7-6-13(15-3-2-8-20-15)19-14-9-12(16)5-4-11(14)10-17;3-1(4)2(5)6/h2-5,8-9,13,18H,6-7H2,1H3;(H,3,4)(H,5,6)/t13-;/m1./s1. The highest BCUT2D eigenvalue weighted by Crippen LogP contribution is 2.31. The van der Waals surface area contributed by atoms with E-state index in [0.717, 1.165) is 17.8 Å². The van der Waals surface area contributed by atoms with E-state index in [1.54, 1.807) is 29.5 Å². The first kappa shape index (κ1) is 21.4. The summed E-state index contributed by atoms with van der Waals surface area (Å²) in [4.78, 5) is 19.3. The van der Waals surface area contributed by atoms with Gasteiger partial charge in [0.25, 0.3) is 0 Å². The Labute approximate surface area is 159 Å². The van der Waals surface area contributed by atoms with Crippen molar-refractivity contribution in [2.24, 2.45) is 0 Å². The topological polar surface area (TPSA) is 120 Å². The molecule has 0 aliphatic carbocycles. The number of hydrogen-bond donors (Lipinski definition) is 3. The first-order chi connectivity index (χ1) is 12.4. The summed E-state index contributed by atoms with van der Waals surface area (Å²) < 4.78 is 6.03. The molecule has 0 fully saturated rings. The van der Waals surface area contributed by atoms with Crippen LogP contribution in [0.5, 0.6) is 5.75 Å². The van der Waals surface area contributed by atoms with Crippen LogP contribution in [-0.4, -0.2) is 35.7 Å². The Morgan fingerprint density at radius 3 is 2.54 bits per heavy atom. The number of carbonyl (C=O) groups is 2. The maximum absolute atomic E-state index is 9.15. The van der Waals surface area contributed by atoms with Gasteiger partial charge in [0.1, 0.15) is 17.9 Å². The van der Waals surface area contributed by atoms with E-state index in [-0.39, 0.29) is 6.10 Å². The van der Waals surface area contributed by atoms with Gasteiger partial charge in [-0.2, -0.15) is 5.26 Å². The second-order valence-electron chi connectivity index (χ2n) is 4.88. The van der Waals surface area contributed by atoms with Gasteiger partial charge in [0.05, 0.1) is 5.56 Å². The van der Waals surface area contributed by atoms with Gasteiger partial charge in [0, 0.05) is 22.4 Å². The third-order valence-electron chi connectivity index (χ3n) is 3.03. The molecule has 0 saturated carbocycles. The molecule has 0 aliphatic heterocycles. The average molecular weight is 397 g/mol. The van der Waals surface area contributed by atoms with Crippen LogP contribution in [0.4, 0.5) is 0 Å². The molecule has 1 atom stereocenters. The molecule has 0 unspecified atom stereocenters. The third kappa shape index (κ3) is 7.11. The second-order valence-corrected chi connectivity index (χ2v) is 6.29. The minimum atomic E-state index is -1.82. The fraction of sp³-hybridized carbons (Fsp3) is 0.235. The second kappa shape index (κ2) is 11.1. The lowest BCUT2D eigenvalue weighted by Crippen LogP contribution is -2.15. The number of rotatable bonds is 6. The van der Waals surface area contributed by atoms with Crippen molar-refractivity contribution in [3.8, 4) is 11.8 Å². The summed E-state index contributed by atoms with van der Waals surface area (Å²) in [7, 11) is 1.91. The number of carboxylic acid groups (broad SMARTS) is 2. The molecule has 3 N–H and O–H groups in total. The van der Waals surface area contributed by atoms with Gasteiger partial charge >= 0.3 is 11.9 Å². The number of nitrogens with one attached hydrogen (secondary N) is 1. The average Bonchev–Trinajstić information content (AvgIpc) is 3.13. The molecule has 0 aliphatic rings. The van der Waals surface area contributed by atoms with E-state index < -0.39 is 11.9 Å². The molecule has 138 valence electrons. The van der Waals surface area contributed by atoms with Crippen LogP contribution in [0.2, 0.25) is 5.02 Å². The predicted octanol–water partition coefficient (Wildman–Crippen LogP) is 3.16. The van der Waals surface area contributed by atoms with Gasteiger partial charge in [-0.3, -0.25) is 0 Å². The molecule has 2 aromatic rings. The van der Waals surface area contributed by atoms with Crippen LogP contribution < -0.4 is 10.1 Å². The van der Waals surface area contributed by atoms with Crippen molar-refractivity contribution in [2.75, 3.05) is 13.6 Å². The molecule has 7 nitrogen and oxygen atoms in total. The van der Waals surface area contributed by atoms with E-state index >= 15 is 0 Å². The highest BCUT2D eigenvalue weighted by atomic mass is 35.5. The lowest BCUT2D eigenvalue weighted by atomic mass is 10.2. The van der Waals surface area contributed by atoms with Gasteiger partial charge < -0.3 is 20.3 Å². The molecule has 1 aromatic carbocycles. The smallest absolute Gasteiger partial charge is 0.414 e. The monoisotopic (exact) mass is 396 g/mol. The Bertz CT molecular complexity index is 762. The van der Waals surface area contributed by atoms with Crippen LogP contribution in [0.1, 0.15) is 23.0 Å². The van der Waals surface area contributed by atoms with E-state index in [0.29, 0.717) is 16.3 Å². The number of ether oxygens (including phenoxy) is 1. The summed E-state index contributed by atoms with van der Waals surface area (Å²) in [6.07, 6.45) is 0.752. The van der Waals surface area contributed by atoms with Crippen LogP contribution in [0.15, 0.2) is 35.7 Å². The first-order valence-electron chi connectivity index (χ1n) is 7.39. The largest absolute Gasteiger partial charge is 0.483 e. The number of benzene rings is 1. The normalized spacial score (nSPS) is 10.8. The molecule has 9 heteroatoms. The Morgan fingerprint density at radius 2 is 2.04 bits per heavy atom. The number of carboxylic acids is 2. The van der Waals surface area contributed by atoms with Gasteiger partial charge in [0.15, 0.2) is 0 Å². The van der Waals surface area contributed by atoms with E-state index in [1.165, 1.54) is 0 Å². The molecule has 1 heterocycles. The number of nitriles is 1. The summed E-state index contributed by atoms with van der Waals surface area (Å²) in [5, 5.41) is 29.6. The van der Waals surface area contributed by atoms with Crippen LogP contribution in [0.25, 0.3) is 0 Å². The quantitative estimate of drug-likeness (QED) is 0.641. The number of thiophene rings is 1. The minimum Gasteiger partial charge on any atom is -0.483 e. The van der Waals surface area contributed by atoms with Gasteiger partial charge in [-0.1, -0.05) is 17.7 Å². The fourth-order valence-electron chi connectivity index (χ4n) is 1.85. The molecule has 1 aromatic heterocycles. The number of hydrogen-bond acceptors (Lipinski definition) is 6. The van der Waals surface area contributed by atoms with E-state index in [1.807, 2.05) is 24.6 Å². The van der Waals surface area contributed by atoms with Crippen molar-refractivity contribution in [3.63, 3.8) is 0 Å². The molecular weight excluding hydrogens is 380 g/mol. The van der Waals surface area contributed by atoms with Crippen molar-refractivity contribution >= 4 is 34.9 Å². The summed E-state index contributed by atoms with van der Waals surface area (Å²) in [6, 6.07) is 11.2. The van der Waals surface area contributed by atoms with Crippen molar-refractivity contribution < 1.29 is 24.5 Å². The molecular formula is C17H17ClN2O5S. The SMILES string of the molecule is CNCC[C@@H](Oc1cc(Cl)ccc1C#N)c1cccs1.O=C(O)C(=O)O. The van der Waals surface area contributed by atoms with Gasteiger partial charge in [0.2, 0.25) is 0 Å². The number of nitrogens with zero attached hydrogens (tertiary/aromatic N) is 1. The molecule has 2 rings (SSSR count). The van der Waals surface area contributed by atoms with Crippen LogP contribution in [0.3, 0.4) is 0 Å². The summed E-state index contributed by atoms with van der Waals surface area (Å²) >= 11 is 7.64. The Morgan fingerprint density at radius 1 is 1.35 bits per heavy atom. The van der Waals surface area contributed by atoms with Crippen LogP contribution in [-0.2, 0) is 9.59 Å². The minimum absolute atomic E-state index is 0.0759. The third-order valence-corrected chi connectivity index (χ3v) is 4.23. The van der Waals surface area contributed by atoms with E-state index in [4.69, 9.17) is 41.4 Å². The Balaban J connectivity index is 0.000000487. The number of halogens is 1. The van der Waals surface area contributed by atoms with Crippen molar-refractivity contribution in [2.45, 2.75) is 12.5 Å². The molecule has 0 spiro atoms. The highest BCUT2D eigenvalue weighted by Gasteiger charge is 2.16. The molecule has 26 heavy (non-hydrogen) atoms. The Kier molecular flexibility index (Phi) is 9.15. The zero-order valence-electron chi connectivity index (χ0n) is 13.8. The van der Waals surface area contributed by atoms with Crippen LogP contribution in [0, 0.1) is 11.3 Å². The first-order valence-corrected chi connectivity index (χ1v) is 8.65. The summed E-state index contributed by atoms with van der Waals surface area (Å²) in [5.41, 5.74) is 0.500. The lowest BCUT2D eigenvalue weighted by molar-refractivity contribution is -0.159. The van der Waals surface area contributed by atoms with Gasteiger partial charge in [-0.15, -0.1) is 11.3 Å². The lowest BCUT2D eigenvalue weighted by Gasteiger charge is -2.19. The molecule has 0 bridgehead atoms. The highest BCUT2D eigenvalue weighted by molar-refractivity contribution is 7.10. The zero-order chi connectivity index (χ0) is 19.5. The Hall–Kier alpha value is -2.60. The van der Waals surface area contributed by atoms with Crippen molar-refractivity contribution in [1.82, 2.24) is 5.32 Å². The number of aliphatic carboxylic acids is 2. The van der Waals surface area contributed by atoms with E-state index in [9.17, 15) is 0 Å². The fourth-order valence-corrected chi connectivity index (χ4v) is 2.80. The molecule has 0 saturated heterocycles. The maximum Gasteiger partial charge on any atom is 0.414 e. The molecule has 0 amide bonds. The summed E-state index contributed by atoms with van der Waals surface area (Å²) in [5.74, 6) is -3.11. The maximum atomic E-state index is 9.15. The summed E-state index contributed by atoms with van der Waals surface area (Å²) in [6.45, 7) is 0.838. The van der Waals surface area contributed by atoms with Gasteiger partial charge in [-0.05, 0) is 37.2 Å². The zero-order valence-corrected chi connectivity index (χ0v) is 15.4.